The summed E-state index contributed by atoms with van der Waals surface area (Å²) in [7, 11) is 0. The molecular formula is C24H33N5O2. The van der Waals surface area contributed by atoms with Crippen molar-refractivity contribution < 1.29 is 9.59 Å². The number of benzene rings is 1. The van der Waals surface area contributed by atoms with Gasteiger partial charge < -0.3 is 10.6 Å². The molecule has 0 spiro atoms. The highest BCUT2D eigenvalue weighted by Gasteiger charge is 2.27. The Morgan fingerprint density at radius 2 is 1.71 bits per heavy atom. The van der Waals surface area contributed by atoms with Crippen molar-refractivity contribution in [2.75, 3.05) is 25.0 Å². The molecule has 0 radical (unpaired) electrons. The lowest BCUT2D eigenvalue weighted by Gasteiger charge is -2.32. The summed E-state index contributed by atoms with van der Waals surface area (Å²) in [6.45, 7) is 2.51. The Hall–Kier alpha value is -2.67. The number of carbonyl (C=O) groups is 2. The van der Waals surface area contributed by atoms with Gasteiger partial charge in [-0.1, -0.05) is 49.6 Å². The van der Waals surface area contributed by atoms with Gasteiger partial charge in [0.2, 0.25) is 11.8 Å². The Bertz CT molecular complexity index is 852. The first-order valence-corrected chi connectivity index (χ1v) is 11.6. The molecule has 1 aliphatic carbocycles. The molecule has 0 unspecified atom stereocenters. The number of anilines is 1. The van der Waals surface area contributed by atoms with Crippen LogP contribution in [0.2, 0.25) is 0 Å². The third-order valence-corrected chi connectivity index (χ3v) is 6.44. The first-order valence-electron chi connectivity index (χ1n) is 11.6. The number of nitrogens with zero attached hydrogens (tertiary/aromatic N) is 3. The molecule has 2 amide bonds. The number of amides is 2. The lowest BCUT2D eigenvalue weighted by molar-refractivity contribution is -0.127. The fraction of sp³-hybridized carbons (Fsp3) is 0.542. The molecule has 2 heterocycles. The summed E-state index contributed by atoms with van der Waals surface area (Å²) in [5, 5.41) is 10.6. The maximum absolute atomic E-state index is 12.6. The van der Waals surface area contributed by atoms with Crippen molar-refractivity contribution in [2.45, 2.75) is 57.5 Å². The molecule has 1 aliphatic heterocycles. The van der Waals surface area contributed by atoms with Crippen molar-refractivity contribution in [3.63, 3.8) is 0 Å². The van der Waals surface area contributed by atoms with Gasteiger partial charge in [-0.25, -0.2) is 4.68 Å². The van der Waals surface area contributed by atoms with Crippen molar-refractivity contribution in [1.29, 1.82) is 0 Å². The molecule has 166 valence electrons. The van der Waals surface area contributed by atoms with E-state index >= 15 is 0 Å². The van der Waals surface area contributed by atoms with E-state index in [4.69, 9.17) is 0 Å². The molecule has 2 fully saturated rings. The standard InChI is InChI=1S/C24H33N5O2/c30-23(27-22-11-14-25-29(22)17-19-7-3-1-4-8-19)18-28-15-12-20(13-16-28)24(31)26-21-9-5-2-6-10-21/h1,3-4,7-8,11,14,20-21H,2,5-6,9-10,12-13,15-18H2,(H,26,31)(H,27,30). The Morgan fingerprint density at radius 1 is 0.968 bits per heavy atom. The van der Waals surface area contributed by atoms with Crippen LogP contribution < -0.4 is 10.6 Å². The van der Waals surface area contributed by atoms with E-state index < -0.39 is 0 Å². The average molecular weight is 424 g/mol. The molecule has 1 saturated heterocycles. The Balaban J connectivity index is 1.21. The van der Waals surface area contributed by atoms with Gasteiger partial charge >= 0.3 is 0 Å². The third-order valence-electron chi connectivity index (χ3n) is 6.44. The van der Waals surface area contributed by atoms with Crippen molar-refractivity contribution in [3.8, 4) is 0 Å². The molecule has 2 aliphatic rings. The number of aromatic nitrogens is 2. The predicted molar refractivity (Wildman–Crippen MR) is 121 cm³/mol. The fourth-order valence-electron chi connectivity index (χ4n) is 4.63. The predicted octanol–water partition coefficient (Wildman–Crippen LogP) is 3.03. The highest BCUT2D eigenvalue weighted by molar-refractivity contribution is 5.91. The van der Waals surface area contributed by atoms with Crippen LogP contribution in [0.15, 0.2) is 42.6 Å². The van der Waals surface area contributed by atoms with Crippen LogP contribution in [-0.2, 0) is 16.1 Å². The van der Waals surface area contributed by atoms with Gasteiger partial charge in [0.05, 0.1) is 19.3 Å². The van der Waals surface area contributed by atoms with E-state index in [2.05, 4.69) is 20.6 Å². The van der Waals surface area contributed by atoms with Crippen molar-refractivity contribution in [1.82, 2.24) is 20.0 Å². The van der Waals surface area contributed by atoms with Crippen molar-refractivity contribution >= 4 is 17.6 Å². The van der Waals surface area contributed by atoms with Crippen LogP contribution in [0, 0.1) is 5.92 Å². The summed E-state index contributed by atoms with van der Waals surface area (Å²) in [6.07, 6.45) is 9.31. The van der Waals surface area contributed by atoms with Crippen LogP contribution in [-0.4, -0.2) is 52.2 Å². The molecule has 4 rings (SSSR count). The van der Waals surface area contributed by atoms with Gasteiger partial charge in [-0.3, -0.25) is 14.5 Å². The zero-order chi connectivity index (χ0) is 21.5. The van der Waals surface area contributed by atoms with Crippen LogP contribution in [0.1, 0.15) is 50.5 Å². The summed E-state index contributed by atoms with van der Waals surface area (Å²) in [5.41, 5.74) is 1.13. The molecule has 2 aromatic rings. The van der Waals surface area contributed by atoms with E-state index in [0.29, 0.717) is 24.9 Å². The van der Waals surface area contributed by atoms with Crippen molar-refractivity contribution in [2.24, 2.45) is 5.92 Å². The highest BCUT2D eigenvalue weighted by Crippen LogP contribution is 2.21. The number of likely N-dealkylation sites (tertiary alicyclic amines) is 1. The number of rotatable bonds is 7. The molecule has 7 heteroatoms. The van der Waals surface area contributed by atoms with E-state index in [-0.39, 0.29) is 17.7 Å². The van der Waals surface area contributed by atoms with E-state index in [1.165, 1.54) is 19.3 Å². The minimum absolute atomic E-state index is 0.0417. The summed E-state index contributed by atoms with van der Waals surface area (Å²) < 4.78 is 1.80. The quantitative estimate of drug-likeness (QED) is 0.718. The van der Waals surface area contributed by atoms with Gasteiger partial charge in [0.1, 0.15) is 5.82 Å². The second kappa shape index (κ2) is 10.6. The minimum Gasteiger partial charge on any atom is -0.353 e. The first-order chi connectivity index (χ1) is 15.2. The number of hydrogen-bond donors (Lipinski definition) is 2. The molecule has 0 bridgehead atoms. The molecule has 31 heavy (non-hydrogen) atoms. The van der Waals surface area contributed by atoms with Crippen LogP contribution in [0.3, 0.4) is 0 Å². The zero-order valence-electron chi connectivity index (χ0n) is 18.1. The van der Waals surface area contributed by atoms with Gasteiger partial charge in [-0.2, -0.15) is 5.10 Å². The molecule has 1 aromatic heterocycles. The fourth-order valence-corrected chi connectivity index (χ4v) is 4.63. The SMILES string of the molecule is O=C(CN1CCC(C(=O)NC2CCCCC2)CC1)Nc1ccnn1Cc1ccccc1. The maximum Gasteiger partial charge on any atom is 0.239 e. The van der Waals surface area contributed by atoms with E-state index in [1.54, 1.807) is 10.9 Å². The Kier molecular flexibility index (Phi) is 7.35. The zero-order valence-corrected chi connectivity index (χ0v) is 18.1. The molecule has 0 atom stereocenters. The van der Waals surface area contributed by atoms with Crippen molar-refractivity contribution in [3.05, 3.63) is 48.2 Å². The van der Waals surface area contributed by atoms with E-state index in [0.717, 1.165) is 44.3 Å². The monoisotopic (exact) mass is 423 g/mol. The smallest absolute Gasteiger partial charge is 0.239 e. The maximum atomic E-state index is 12.6. The molecular weight excluding hydrogens is 390 g/mol. The average Bonchev–Trinajstić information content (AvgIpc) is 3.22. The minimum atomic E-state index is -0.0417. The lowest BCUT2D eigenvalue weighted by Crippen LogP contribution is -2.45. The normalized spacial score (nSPS) is 18.6. The Morgan fingerprint density at radius 3 is 2.45 bits per heavy atom. The second-order valence-electron chi connectivity index (χ2n) is 8.80. The van der Waals surface area contributed by atoms with Crippen LogP contribution in [0.4, 0.5) is 5.82 Å². The number of nitrogens with one attached hydrogen (secondary N) is 2. The first kappa shape index (κ1) is 21.6. The van der Waals surface area contributed by atoms with E-state index in [1.807, 2.05) is 36.4 Å². The summed E-state index contributed by atoms with van der Waals surface area (Å²) >= 11 is 0. The largest absolute Gasteiger partial charge is 0.353 e. The highest BCUT2D eigenvalue weighted by atomic mass is 16.2. The van der Waals surface area contributed by atoms with Crippen LogP contribution in [0.5, 0.6) is 0 Å². The van der Waals surface area contributed by atoms with Gasteiger partial charge in [0, 0.05) is 18.0 Å². The van der Waals surface area contributed by atoms with Crippen LogP contribution >= 0.6 is 0 Å². The topological polar surface area (TPSA) is 79.3 Å². The van der Waals surface area contributed by atoms with Gasteiger partial charge in [-0.05, 0) is 44.3 Å². The van der Waals surface area contributed by atoms with Gasteiger partial charge in [0.15, 0.2) is 0 Å². The summed E-state index contributed by atoms with van der Waals surface area (Å²) in [5.74, 6) is 0.949. The van der Waals surface area contributed by atoms with E-state index in [9.17, 15) is 9.59 Å². The van der Waals surface area contributed by atoms with Gasteiger partial charge in [0.25, 0.3) is 0 Å². The number of piperidine rings is 1. The molecule has 1 saturated carbocycles. The number of hydrogen-bond acceptors (Lipinski definition) is 4. The molecule has 1 aromatic carbocycles. The molecule has 7 nitrogen and oxygen atoms in total. The summed E-state index contributed by atoms with van der Waals surface area (Å²) in [4.78, 5) is 27.3. The second-order valence-corrected chi connectivity index (χ2v) is 8.80. The Labute approximate surface area is 184 Å². The summed E-state index contributed by atoms with van der Waals surface area (Å²) in [6, 6.07) is 12.3. The molecule has 2 N–H and O–H groups in total. The van der Waals surface area contributed by atoms with Crippen LogP contribution in [0.25, 0.3) is 0 Å². The number of carbonyl (C=O) groups excluding carboxylic acids is 2. The lowest BCUT2D eigenvalue weighted by atomic mass is 9.92. The third kappa shape index (κ3) is 6.17. The van der Waals surface area contributed by atoms with Gasteiger partial charge in [-0.15, -0.1) is 0 Å².